The fraction of sp³-hybridized carbons (Fsp3) is 0.158. The summed E-state index contributed by atoms with van der Waals surface area (Å²) in [6.45, 7) is 4.50. The molecule has 3 rings (SSSR count). The fourth-order valence-electron chi connectivity index (χ4n) is 2.76. The third-order valence-electron chi connectivity index (χ3n) is 3.86. The number of benzene rings is 2. The van der Waals surface area contributed by atoms with Crippen LogP contribution in [0.25, 0.3) is 10.9 Å². The van der Waals surface area contributed by atoms with Gasteiger partial charge in [-0.05, 0) is 26.0 Å². The van der Waals surface area contributed by atoms with Crippen LogP contribution in [0.4, 0.5) is 0 Å². The summed E-state index contributed by atoms with van der Waals surface area (Å²) in [5.41, 5.74) is 2.80. The van der Waals surface area contributed by atoms with Gasteiger partial charge in [0.15, 0.2) is 5.78 Å². The second kappa shape index (κ2) is 5.60. The molecule has 2 aromatic carbocycles. The zero-order valence-electron chi connectivity index (χ0n) is 12.7. The number of fused-ring (bicyclic) bond motifs is 1. The summed E-state index contributed by atoms with van der Waals surface area (Å²) >= 11 is 0. The number of hydrogen-bond acceptors (Lipinski definition) is 2. The fourth-order valence-corrected chi connectivity index (χ4v) is 2.76. The van der Waals surface area contributed by atoms with Crippen molar-refractivity contribution in [1.82, 2.24) is 4.57 Å². The molecule has 1 aromatic heterocycles. The third kappa shape index (κ3) is 2.35. The SMILES string of the molecule is CCn1c(=O)cc(C(=O)c2ccccc2)c2cc(C)ccc21. The van der Waals surface area contributed by atoms with Crippen molar-refractivity contribution in [1.29, 1.82) is 0 Å². The largest absolute Gasteiger partial charge is 0.309 e. The van der Waals surface area contributed by atoms with Crippen molar-refractivity contribution in [3.63, 3.8) is 0 Å². The van der Waals surface area contributed by atoms with Crippen LogP contribution in [0, 0.1) is 6.92 Å². The number of nitrogens with zero attached hydrogens (tertiary/aromatic N) is 1. The lowest BCUT2D eigenvalue weighted by Gasteiger charge is -2.12. The van der Waals surface area contributed by atoms with Gasteiger partial charge in [-0.1, -0.05) is 42.0 Å². The van der Waals surface area contributed by atoms with E-state index in [1.807, 2.05) is 50.2 Å². The maximum absolute atomic E-state index is 12.8. The molecule has 0 aliphatic carbocycles. The van der Waals surface area contributed by atoms with Crippen molar-refractivity contribution in [3.05, 3.63) is 81.6 Å². The van der Waals surface area contributed by atoms with Crippen LogP contribution in [0.5, 0.6) is 0 Å². The van der Waals surface area contributed by atoms with Gasteiger partial charge in [0.1, 0.15) is 0 Å². The Hall–Kier alpha value is -2.68. The van der Waals surface area contributed by atoms with Crippen LogP contribution < -0.4 is 5.56 Å². The highest BCUT2D eigenvalue weighted by atomic mass is 16.1. The molecule has 0 aliphatic heterocycles. The molecule has 0 radical (unpaired) electrons. The van der Waals surface area contributed by atoms with Gasteiger partial charge < -0.3 is 4.57 Å². The highest BCUT2D eigenvalue weighted by Crippen LogP contribution is 2.21. The van der Waals surface area contributed by atoms with Crippen LogP contribution in [-0.2, 0) is 6.54 Å². The molecule has 0 saturated heterocycles. The van der Waals surface area contributed by atoms with Gasteiger partial charge in [-0.15, -0.1) is 0 Å². The van der Waals surface area contributed by atoms with E-state index in [-0.39, 0.29) is 11.3 Å². The molecule has 0 atom stereocenters. The number of carbonyl (C=O) groups excluding carboxylic acids is 1. The monoisotopic (exact) mass is 291 g/mol. The Balaban J connectivity index is 2.33. The summed E-state index contributed by atoms with van der Waals surface area (Å²) < 4.78 is 1.69. The van der Waals surface area contributed by atoms with Crippen molar-refractivity contribution >= 4 is 16.7 Å². The topological polar surface area (TPSA) is 39.1 Å². The molecule has 0 N–H and O–H groups in total. The summed E-state index contributed by atoms with van der Waals surface area (Å²) in [5.74, 6) is -0.114. The summed E-state index contributed by atoms with van der Waals surface area (Å²) in [6.07, 6.45) is 0. The summed E-state index contributed by atoms with van der Waals surface area (Å²) in [4.78, 5) is 25.1. The van der Waals surface area contributed by atoms with Gasteiger partial charge >= 0.3 is 0 Å². The molecule has 0 saturated carbocycles. The normalized spacial score (nSPS) is 10.8. The number of aromatic nitrogens is 1. The first-order valence-electron chi connectivity index (χ1n) is 7.35. The predicted octanol–water partition coefficient (Wildman–Crippen LogP) is 3.56. The van der Waals surface area contributed by atoms with Gasteiger partial charge in [0.2, 0.25) is 0 Å². The number of carbonyl (C=O) groups is 1. The van der Waals surface area contributed by atoms with Crippen LogP contribution in [0.1, 0.15) is 28.4 Å². The minimum absolute atomic E-state index is 0.114. The Kier molecular flexibility index (Phi) is 3.63. The lowest BCUT2D eigenvalue weighted by atomic mass is 9.98. The van der Waals surface area contributed by atoms with E-state index < -0.39 is 0 Å². The van der Waals surface area contributed by atoms with Crippen molar-refractivity contribution in [2.45, 2.75) is 20.4 Å². The molecule has 3 heteroatoms. The molecule has 0 amide bonds. The molecule has 0 fully saturated rings. The van der Waals surface area contributed by atoms with Crippen LogP contribution in [0.2, 0.25) is 0 Å². The van der Waals surface area contributed by atoms with Crippen molar-refractivity contribution in [2.24, 2.45) is 0 Å². The number of rotatable bonds is 3. The number of hydrogen-bond donors (Lipinski definition) is 0. The van der Waals surface area contributed by atoms with Crippen LogP contribution in [0.15, 0.2) is 59.4 Å². The Morgan fingerprint density at radius 1 is 1.05 bits per heavy atom. The highest BCUT2D eigenvalue weighted by Gasteiger charge is 2.15. The lowest BCUT2D eigenvalue weighted by molar-refractivity contribution is 0.104. The number of ketones is 1. The Morgan fingerprint density at radius 2 is 1.77 bits per heavy atom. The van der Waals surface area contributed by atoms with Gasteiger partial charge in [-0.25, -0.2) is 0 Å². The maximum atomic E-state index is 12.8. The molecule has 3 nitrogen and oxygen atoms in total. The highest BCUT2D eigenvalue weighted by molar-refractivity contribution is 6.16. The Bertz CT molecular complexity index is 908. The standard InChI is InChI=1S/C19H17NO2/c1-3-20-17-10-9-13(2)11-15(17)16(12-18(20)21)19(22)14-7-5-4-6-8-14/h4-12H,3H2,1-2H3. The first kappa shape index (κ1) is 14.3. The second-order valence-corrected chi connectivity index (χ2v) is 5.36. The first-order valence-corrected chi connectivity index (χ1v) is 7.35. The molecule has 3 aromatic rings. The summed E-state index contributed by atoms with van der Waals surface area (Å²) in [7, 11) is 0. The van der Waals surface area contributed by atoms with E-state index in [9.17, 15) is 9.59 Å². The van der Waals surface area contributed by atoms with Crippen molar-refractivity contribution in [3.8, 4) is 0 Å². The molecule has 110 valence electrons. The van der Waals surface area contributed by atoms with E-state index in [2.05, 4.69) is 0 Å². The Labute approximate surface area is 128 Å². The van der Waals surface area contributed by atoms with Gasteiger partial charge in [-0.3, -0.25) is 9.59 Å². The molecule has 22 heavy (non-hydrogen) atoms. The van der Waals surface area contributed by atoms with E-state index in [1.54, 1.807) is 16.7 Å². The summed E-state index contributed by atoms with van der Waals surface area (Å²) in [6, 6.07) is 16.4. The lowest BCUT2D eigenvalue weighted by Crippen LogP contribution is -2.21. The zero-order chi connectivity index (χ0) is 15.7. The average molecular weight is 291 g/mol. The number of pyridine rings is 1. The average Bonchev–Trinajstić information content (AvgIpc) is 2.54. The molecular weight excluding hydrogens is 274 g/mol. The van der Waals surface area contributed by atoms with E-state index in [0.29, 0.717) is 17.7 Å². The molecular formula is C19H17NO2. The first-order chi connectivity index (χ1) is 10.6. The third-order valence-corrected chi connectivity index (χ3v) is 3.86. The minimum atomic E-state index is -0.141. The van der Waals surface area contributed by atoms with E-state index in [1.165, 1.54) is 6.07 Å². The van der Waals surface area contributed by atoms with Gasteiger partial charge in [0, 0.05) is 29.1 Å². The predicted molar refractivity (Wildman–Crippen MR) is 88.5 cm³/mol. The van der Waals surface area contributed by atoms with E-state index in [0.717, 1.165) is 16.5 Å². The minimum Gasteiger partial charge on any atom is -0.309 e. The zero-order valence-corrected chi connectivity index (χ0v) is 12.7. The Morgan fingerprint density at radius 3 is 2.45 bits per heavy atom. The second-order valence-electron chi connectivity index (χ2n) is 5.36. The van der Waals surface area contributed by atoms with Gasteiger partial charge in [0.05, 0.1) is 5.52 Å². The van der Waals surface area contributed by atoms with Crippen LogP contribution >= 0.6 is 0 Å². The molecule has 1 heterocycles. The maximum Gasteiger partial charge on any atom is 0.251 e. The number of aryl methyl sites for hydroxylation is 2. The molecule has 0 bridgehead atoms. The van der Waals surface area contributed by atoms with Crippen molar-refractivity contribution in [2.75, 3.05) is 0 Å². The quantitative estimate of drug-likeness (QED) is 0.692. The van der Waals surface area contributed by atoms with Gasteiger partial charge in [0.25, 0.3) is 5.56 Å². The van der Waals surface area contributed by atoms with Crippen LogP contribution in [-0.4, -0.2) is 10.4 Å². The van der Waals surface area contributed by atoms with E-state index >= 15 is 0 Å². The molecule has 0 unspecified atom stereocenters. The summed E-state index contributed by atoms with van der Waals surface area (Å²) in [5, 5.41) is 0.829. The van der Waals surface area contributed by atoms with Crippen LogP contribution in [0.3, 0.4) is 0 Å². The van der Waals surface area contributed by atoms with Gasteiger partial charge in [-0.2, -0.15) is 0 Å². The van der Waals surface area contributed by atoms with E-state index in [4.69, 9.17) is 0 Å². The molecule has 0 spiro atoms. The molecule has 0 aliphatic rings. The van der Waals surface area contributed by atoms with Crippen molar-refractivity contribution < 1.29 is 4.79 Å². The smallest absolute Gasteiger partial charge is 0.251 e.